The molecule has 4 rings (SSSR count). The fourth-order valence-corrected chi connectivity index (χ4v) is 3.20. The van der Waals surface area contributed by atoms with Crippen LogP contribution in [0.15, 0.2) is 30.6 Å². The minimum absolute atomic E-state index is 0.893. The monoisotopic (exact) mass is 266 g/mol. The summed E-state index contributed by atoms with van der Waals surface area (Å²) in [6, 6.07) is 8.72. The van der Waals surface area contributed by atoms with Crippen LogP contribution < -0.4 is 10.2 Å². The zero-order valence-corrected chi connectivity index (χ0v) is 11.5. The highest BCUT2D eigenvalue weighted by molar-refractivity contribution is 5.51. The van der Waals surface area contributed by atoms with Crippen LogP contribution in [-0.4, -0.2) is 23.1 Å². The van der Waals surface area contributed by atoms with Crippen LogP contribution in [0.4, 0.5) is 5.82 Å². The maximum absolute atomic E-state index is 4.56. The van der Waals surface area contributed by atoms with Crippen molar-refractivity contribution in [1.82, 2.24) is 15.3 Å². The molecule has 0 unspecified atom stereocenters. The second-order valence-electron chi connectivity index (χ2n) is 5.49. The third-order valence-electron chi connectivity index (χ3n) is 4.28. The van der Waals surface area contributed by atoms with Crippen LogP contribution in [0.5, 0.6) is 0 Å². The zero-order valence-electron chi connectivity index (χ0n) is 11.5. The molecule has 1 N–H and O–H groups in total. The van der Waals surface area contributed by atoms with Gasteiger partial charge in [0.05, 0.1) is 5.69 Å². The van der Waals surface area contributed by atoms with E-state index in [1.54, 1.807) is 6.33 Å². The van der Waals surface area contributed by atoms with Crippen molar-refractivity contribution in [2.24, 2.45) is 0 Å². The predicted octanol–water partition coefficient (Wildman–Crippen LogP) is 1.69. The smallest absolute Gasteiger partial charge is 0.137 e. The Labute approximate surface area is 118 Å². The van der Waals surface area contributed by atoms with Gasteiger partial charge in [0.1, 0.15) is 12.1 Å². The number of hydrogen-bond acceptors (Lipinski definition) is 4. The van der Waals surface area contributed by atoms with Crippen LogP contribution in [0.3, 0.4) is 0 Å². The van der Waals surface area contributed by atoms with Crippen molar-refractivity contribution in [2.45, 2.75) is 25.9 Å². The largest absolute Gasteiger partial charge is 0.352 e. The van der Waals surface area contributed by atoms with Crippen molar-refractivity contribution in [3.8, 4) is 0 Å². The molecule has 2 aliphatic rings. The van der Waals surface area contributed by atoms with E-state index in [4.69, 9.17) is 0 Å². The normalized spacial score (nSPS) is 17.5. The molecule has 2 aliphatic heterocycles. The van der Waals surface area contributed by atoms with Gasteiger partial charge in [-0.3, -0.25) is 0 Å². The maximum atomic E-state index is 4.56. The summed E-state index contributed by atoms with van der Waals surface area (Å²) >= 11 is 0. The summed E-state index contributed by atoms with van der Waals surface area (Å²) in [5.74, 6) is 1.12. The minimum atomic E-state index is 0.893. The van der Waals surface area contributed by atoms with Gasteiger partial charge in [-0.25, -0.2) is 9.97 Å². The Bertz CT molecular complexity index is 638. The van der Waals surface area contributed by atoms with Crippen molar-refractivity contribution in [3.05, 3.63) is 53.0 Å². The highest BCUT2D eigenvalue weighted by Gasteiger charge is 2.22. The van der Waals surface area contributed by atoms with Crippen LogP contribution in [0.1, 0.15) is 22.4 Å². The van der Waals surface area contributed by atoms with Gasteiger partial charge < -0.3 is 10.2 Å². The van der Waals surface area contributed by atoms with Gasteiger partial charge >= 0.3 is 0 Å². The van der Waals surface area contributed by atoms with E-state index in [-0.39, 0.29) is 0 Å². The van der Waals surface area contributed by atoms with Gasteiger partial charge in [0.25, 0.3) is 0 Å². The quantitative estimate of drug-likeness (QED) is 0.852. The molecule has 0 spiro atoms. The molecule has 0 saturated carbocycles. The van der Waals surface area contributed by atoms with E-state index in [1.807, 2.05) is 0 Å². The Balaban J connectivity index is 1.70. The highest BCUT2D eigenvalue weighted by atomic mass is 15.2. The van der Waals surface area contributed by atoms with Crippen molar-refractivity contribution in [2.75, 3.05) is 18.0 Å². The lowest BCUT2D eigenvalue weighted by molar-refractivity contribution is 0.615. The van der Waals surface area contributed by atoms with Crippen LogP contribution in [-0.2, 0) is 25.9 Å². The van der Waals surface area contributed by atoms with E-state index in [0.29, 0.717) is 0 Å². The second-order valence-corrected chi connectivity index (χ2v) is 5.49. The molecule has 0 fully saturated rings. The van der Waals surface area contributed by atoms with Crippen molar-refractivity contribution in [1.29, 1.82) is 0 Å². The SMILES string of the molecule is c1ccc2c(c1)CCN(c1ncnc3c1CNCC3)C2. The molecular weight excluding hydrogens is 248 g/mol. The molecule has 4 heteroatoms. The first-order chi connectivity index (χ1) is 9.92. The lowest BCUT2D eigenvalue weighted by Gasteiger charge is -2.32. The Hall–Kier alpha value is -1.94. The summed E-state index contributed by atoms with van der Waals surface area (Å²) in [4.78, 5) is 11.4. The molecule has 0 atom stereocenters. The van der Waals surface area contributed by atoms with Gasteiger partial charge in [0.15, 0.2) is 0 Å². The van der Waals surface area contributed by atoms with Gasteiger partial charge in [-0.2, -0.15) is 0 Å². The highest BCUT2D eigenvalue weighted by Crippen LogP contribution is 2.27. The van der Waals surface area contributed by atoms with Crippen LogP contribution >= 0.6 is 0 Å². The van der Waals surface area contributed by atoms with E-state index in [1.165, 1.54) is 22.4 Å². The maximum Gasteiger partial charge on any atom is 0.137 e. The first kappa shape index (κ1) is 11.9. The van der Waals surface area contributed by atoms with Crippen molar-refractivity contribution in [3.63, 3.8) is 0 Å². The molecule has 20 heavy (non-hydrogen) atoms. The standard InChI is InChI=1S/C16H18N4/c1-2-4-13-10-20(8-6-12(13)3-1)16-14-9-17-7-5-15(14)18-11-19-16/h1-4,11,17H,5-10H2. The third-order valence-corrected chi connectivity index (χ3v) is 4.28. The molecule has 0 bridgehead atoms. The fourth-order valence-electron chi connectivity index (χ4n) is 3.20. The average molecular weight is 266 g/mol. The number of fused-ring (bicyclic) bond motifs is 2. The van der Waals surface area contributed by atoms with Gasteiger partial charge in [0, 0.05) is 38.2 Å². The summed E-state index contributed by atoms with van der Waals surface area (Å²) < 4.78 is 0. The van der Waals surface area contributed by atoms with E-state index >= 15 is 0 Å². The molecule has 0 aliphatic carbocycles. The lowest BCUT2D eigenvalue weighted by Crippen LogP contribution is -2.34. The van der Waals surface area contributed by atoms with Gasteiger partial charge in [0.2, 0.25) is 0 Å². The first-order valence-corrected chi connectivity index (χ1v) is 7.27. The Morgan fingerprint density at radius 2 is 1.95 bits per heavy atom. The topological polar surface area (TPSA) is 41.1 Å². The molecule has 0 saturated heterocycles. The number of nitrogens with one attached hydrogen (secondary N) is 1. The first-order valence-electron chi connectivity index (χ1n) is 7.27. The molecule has 0 radical (unpaired) electrons. The Morgan fingerprint density at radius 1 is 1.05 bits per heavy atom. The molecule has 102 valence electrons. The molecule has 0 amide bonds. The minimum Gasteiger partial charge on any atom is -0.352 e. The van der Waals surface area contributed by atoms with E-state index < -0.39 is 0 Å². The van der Waals surface area contributed by atoms with Crippen LogP contribution in [0.2, 0.25) is 0 Å². The van der Waals surface area contributed by atoms with E-state index in [0.717, 1.165) is 44.8 Å². The number of benzene rings is 1. The summed E-state index contributed by atoms with van der Waals surface area (Å²) in [5, 5.41) is 3.43. The number of rotatable bonds is 1. The summed E-state index contributed by atoms with van der Waals surface area (Å²) in [5.41, 5.74) is 5.41. The van der Waals surface area contributed by atoms with Crippen molar-refractivity contribution >= 4 is 5.82 Å². The number of hydrogen-bond donors (Lipinski definition) is 1. The van der Waals surface area contributed by atoms with Crippen molar-refractivity contribution < 1.29 is 0 Å². The van der Waals surface area contributed by atoms with Gasteiger partial charge in [-0.15, -0.1) is 0 Å². The molecule has 1 aromatic heterocycles. The molecule has 2 aromatic rings. The molecule has 4 nitrogen and oxygen atoms in total. The summed E-state index contributed by atoms with van der Waals surface area (Å²) in [7, 11) is 0. The van der Waals surface area contributed by atoms with Crippen LogP contribution in [0, 0.1) is 0 Å². The Morgan fingerprint density at radius 3 is 2.90 bits per heavy atom. The summed E-state index contributed by atoms with van der Waals surface area (Å²) in [6.45, 7) is 3.91. The zero-order chi connectivity index (χ0) is 13.4. The number of nitrogens with zero attached hydrogens (tertiary/aromatic N) is 3. The summed E-state index contributed by atoms with van der Waals surface area (Å²) in [6.07, 6.45) is 3.83. The van der Waals surface area contributed by atoms with Gasteiger partial charge in [-0.1, -0.05) is 24.3 Å². The van der Waals surface area contributed by atoms with E-state index in [9.17, 15) is 0 Å². The predicted molar refractivity (Wildman–Crippen MR) is 78.6 cm³/mol. The average Bonchev–Trinajstić information content (AvgIpc) is 2.54. The van der Waals surface area contributed by atoms with Crippen LogP contribution in [0.25, 0.3) is 0 Å². The number of anilines is 1. The third kappa shape index (κ3) is 1.96. The molecule has 1 aromatic carbocycles. The second kappa shape index (κ2) is 4.87. The number of aromatic nitrogens is 2. The molecular formula is C16H18N4. The van der Waals surface area contributed by atoms with Gasteiger partial charge in [-0.05, 0) is 17.5 Å². The fraction of sp³-hybridized carbons (Fsp3) is 0.375. The van der Waals surface area contributed by atoms with E-state index in [2.05, 4.69) is 44.5 Å². The Kier molecular flexibility index (Phi) is 2.89. The lowest BCUT2D eigenvalue weighted by atomic mass is 9.99. The molecule has 3 heterocycles.